The molecule has 2 heterocycles. The number of thioether (sulfide) groups is 1. The fraction of sp³-hybridized carbons (Fsp3) is 0.471. The molecule has 1 saturated heterocycles. The van der Waals surface area contributed by atoms with E-state index in [-0.39, 0.29) is 40.8 Å². The number of rotatable bonds is 5. The van der Waals surface area contributed by atoms with E-state index in [4.69, 9.17) is 0 Å². The van der Waals surface area contributed by atoms with Gasteiger partial charge in [-0.15, -0.1) is 0 Å². The number of nitrogens with zero attached hydrogens (tertiary/aromatic N) is 2. The monoisotopic (exact) mass is 393 g/mol. The zero-order valence-corrected chi connectivity index (χ0v) is 15.7. The summed E-state index contributed by atoms with van der Waals surface area (Å²) in [6, 6.07) is 7.05. The Bertz CT molecular complexity index is 1030. The van der Waals surface area contributed by atoms with E-state index in [0.29, 0.717) is 22.5 Å². The molecule has 1 aromatic carbocycles. The minimum Gasteiger partial charge on any atom is -0.352 e. The Morgan fingerprint density at radius 2 is 2.04 bits per heavy atom. The summed E-state index contributed by atoms with van der Waals surface area (Å²) in [7, 11) is -3.03. The summed E-state index contributed by atoms with van der Waals surface area (Å²) in [5, 5.41) is 3.90. The lowest BCUT2D eigenvalue weighted by atomic mass is 10.2. The Kier molecular flexibility index (Phi) is 4.52. The lowest BCUT2D eigenvalue weighted by Crippen LogP contribution is -2.36. The maximum atomic E-state index is 12.8. The Morgan fingerprint density at radius 3 is 2.73 bits per heavy atom. The molecule has 9 heteroatoms. The zero-order valence-electron chi connectivity index (χ0n) is 14.1. The molecule has 0 spiro atoms. The molecule has 4 rings (SSSR count). The van der Waals surface area contributed by atoms with E-state index in [2.05, 4.69) is 10.3 Å². The van der Waals surface area contributed by atoms with Gasteiger partial charge in [0.25, 0.3) is 5.56 Å². The lowest BCUT2D eigenvalue weighted by Gasteiger charge is -2.13. The summed E-state index contributed by atoms with van der Waals surface area (Å²) in [4.78, 5) is 29.5. The van der Waals surface area contributed by atoms with Crippen LogP contribution in [0.2, 0.25) is 0 Å². The van der Waals surface area contributed by atoms with Gasteiger partial charge in [0.15, 0.2) is 15.0 Å². The molecule has 2 aromatic rings. The van der Waals surface area contributed by atoms with Gasteiger partial charge in [-0.1, -0.05) is 23.9 Å². The maximum absolute atomic E-state index is 12.8. The maximum Gasteiger partial charge on any atom is 0.262 e. The molecule has 0 radical (unpaired) electrons. The first-order valence-corrected chi connectivity index (χ1v) is 11.4. The Morgan fingerprint density at radius 1 is 1.27 bits per heavy atom. The topological polar surface area (TPSA) is 98.1 Å². The van der Waals surface area contributed by atoms with Crippen LogP contribution in [0.25, 0.3) is 10.9 Å². The first-order chi connectivity index (χ1) is 12.4. The van der Waals surface area contributed by atoms with Crippen LogP contribution in [0.15, 0.2) is 34.2 Å². The summed E-state index contributed by atoms with van der Waals surface area (Å²) in [6.07, 6.45) is 2.35. The zero-order chi connectivity index (χ0) is 18.3. The van der Waals surface area contributed by atoms with Crippen molar-refractivity contribution in [1.29, 1.82) is 0 Å². The number of hydrogen-bond acceptors (Lipinski definition) is 6. The van der Waals surface area contributed by atoms with Crippen molar-refractivity contribution in [2.24, 2.45) is 0 Å². The van der Waals surface area contributed by atoms with Gasteiger partial charge in [-0.3, -0.25) is 14.2 Å². The van der Waals surface area contributed by atoms with Crippen LogP contribution in [0.3, 0.4) is 0 Å². The minimum atomic E-state index is -3.03. The molecule has 138 valence electrons. The largest absolute Gasteiger partial charge is 0.352 e. The number of hydrogen-bond donors (Lipinski definition) is 1. The number of para-hydroxylation sites is 1. The normalized spacial score (nSPS) is 21.8. The predicted molar refractivity (Wildman–Crippen MR) is 100 cm³/mol. The molecule has 1 aliphatic carbocycles. The molecule has 1 atom stereocenters. The van der Waals surface area contributed by atoms with Crippen molar-refractivity contribution < 1.29 is 13.2 Å². The van der Waals surface area contributed by atoms with Crippen molar-refractivity contribution in [3.8, 4) is 0 Å². The standard InChI is InChI=1S/C17H19N3O4S2/c21-15(18-11-7-8-26(23,24)10-11)9-25-17-19-14-4-2-1-3-13(14)16(22)20(17)12-5-6-12/h1-4,11-12H,5-10H2,(H,18,21)/t11-/m0/s1. The summed E-state index contributed by atoms with van der Waals surface area (Å²) < 4.78 is 24.7. The molecule has 1 saturated carbocycles. The van der Waals surface area contributed by atoms with Crippen molar-refractivity contribution in [3.05, 3.63) is 34.6 Å². The van der Waals surface area contributed by atoms with Gasteiger partial charge in [0, 0.05) is 12.1 Å². The number of sulfone groups is 1. The van der Waals surface area contributed by atoms with Crippen molar-refractivity contribution in [2.75, 3.05) is 17.3 Å². The van der Waals surface area contributed by atoms with E-state index in [1.54, 1.807) is 16.7 Å². The van der Waals surface area contributed by atoms with Crippen LogP contribution in [-0.2, 0) is 14.6 Å². The quantitative estimate of drug-likeness (QED) is 0.604. The highest BCUT2D eigenvalue weighted by molar-refractivity contribution is 7.99. The average Bonchev–Trinajstić information content (AvgIpc) is 3.37. The Hall–Kier alpha value is -1.87. The van der Waals surface area contributed by atoms with Gasteiger partial charge in [-0.25, -0.2) is 13.4 Å². The van der Waals surface area contributed by atoms with Gasteiger partial charge in [-0.2, -0.15) is 0 Å². The Balaban J connectivity index is 1.51. The van der Waals surface area contributed by atoms with Crippen molar-refractivity contribution in [1.82, 2.24) is 14.9 Å². The second kappa shape index (κ2) is 6.70. The summed E-state index contributed by atoms with van der Waals surface area (Å²) >= 11 is 1.23. The van der Waals surface area contributed by atoms with Crippen LogP contribution in [0.4, 0.5) is 0 Å². The fourth-order valence-corrected chi connectivity index (χ4v) is 5.74. The molecular formula is C17H19N3O4S2. The Labute approximate surface area is 155 Å². The summed E-state index contributed by atoms with van der Waals surface area (Å²) in [5.41, 5.74) is 0.557. The van der Waals surface area contributed by atoms with Crippen molar-refractivity contribution >= 4 is 38.4 Å². The summed E-state index contributed by atoms with van der Waals surface area (Å²) in [6.45, 7) is 0. The van der Waals surface area contributed by atoms with Gasteiger partial charge in [0.1, 0.15) is 0 Å². The van der Waals surface area contributed by atoms with E-state index in [9.17, 15) is 18.0 Å². The lowest BCUT2D eigenvalue weighted by molar-refractivity contribution is -0.119. The number of carbonyl (C=O) groups excluding carboxylic acids is 1. The van der Waals surface area contributed by atoms with Gasteiger partial charge < -0.3 is 5.32 Å². The molecule has 1 aliphatic heterocycles. The molecule has 0 unspecified atom stereocenters. The van der Waals surface area contributed by atoms with Gasteiger partial charge in [-0.05, 0) is 31.4 Å². The third-order valence-electron chi connectivity index (χ3n) is 4.62. The number of aromatic nitrogens is 2. The number of carbonyl (C=O) groups is 1. The van der Waals surface area contributed by atoms with E-state index in [1.807, 2.05) is 12.1 Å². The average molecular weight is 393 g/mol. The van der Waals surface area contributed by atoms with Crippen LogP contribution >= 0.6 is 11.8 Å². The highest BCUT2D eigenvalue weighted by atomic mass is 32.2. The van der Waals surface area contributed by atoms with E-state index >= 15 is 0 Å². The minimum absolute atomic E-state index is 0.00438. The van der Waals surface area contributed by atoms with Crippen LogP contribution in [0, 0.1) is 0 Å². The van der Waals surface area contributed by atoms with Crippen molar-refractivity contribution in [3.63, 3.8) is 0 Å². The molecule has 2 aliphatic rings. The smallest absolute Gasteiger partial charge is 0.262 e. The molecule has 1 amide bonds. The molecular weight excluding hydrogens is 374 g/mol. The number of amides is 1. The van der Waals surface area contributed by atoms with Gasteiger partial charge in [0.2, 0.25) is 5.91 Å². The molecule has 0 bridgehead atoms. The molecule has 1 N–H and O–H groups in total. The second-order valence-corrected chi connectivity index (χ2v) is 9.95. The fourth-order valence-electron chi connectivity index (χ4n) is 3.19. The number of benzene rings is 1. The second-order valence-electron chi connectivity index (χ2n) is 6.77. The third kappa shape index (κ3) is 3.64. The molecule has 1 aromatic heterocycles. The highest BCUT2D eigenvalue weighted by Gasteiger charge is 2.30. The molecule has 26 heavy (non-hydrogen) atoms. The van der Waals surface area contributed by atoms with Crippen LogP contribution in [-0.4, -0.2) is 47.2 Å². The predicted octanol–water partition coefficient (Wildman–Crippen LogP) is 1.13. The number of fused-ring (bicyclic) bond motifs is 1. The molecule has 2 fully saturated rings. The van der Waals surface area contributed by atoms with Crippen LogP contribution in [0.5, 0.6) is 0 Å². The third-order valence-corrected chi connectivity index (χ3v) is 7.34. The first kappa shape index (κ1) is 17.5. The highest BCUT2D eigenvalue weighted by Crippen LogP contribution is 2.36. The SMILES string of the molecule is O=C(CSc1nc2ccccc2c(=O)n1C1CC1)N[C@H]1CCS(=O)(=O)C1. The van der Waals surface area contributed by atoms with E-state index < -0.39 is 9.84 Å². The van der Waals surface area contributed by atoms with Gasteiger partial charge >= 0.3 is 0 Å². The number of nitrogens with one attached hydrogen (secondary N) is 1. The van der Waals surface area contributed by atoms with Crippen LogP contribution < -0.4 is 10.9 Å². The van der Waals surface area contributed by atoms with Crippen LogP contribution in [0.1, 0.15) is 25.3 Å². The first-order valence-electron chi connectivity index (χ1n) is 8.57. The van der Waals surface area contributed by atoms with Gasteiger partial charge in [0.05, 0.1) is 28.2 Å². The van der Waals surface area contributed by atoms with E-state index in [0.717, 1.165) is 12.8 Å². The summed E-state index contributed by atoms with van der Waals surface area (Å²) in [5.74, 6) is -0.00126. The molecule has 7 nitrogen and oxygen atoms in total. The van der Waals surface area contributed by atoms with E-state index in [1.165, 1.54) is 11.8 Å². The van der Waals surface area contributed by atoms with Crippen molar-refractivity contribution in [2.45, 2.75) is 36.5 Å².